The fourth-order valence-electron chi connectivity index (χ4n) is 1.53. The zero-order valence-corrected chi connectivity index (χ0v) is 14.0. The Kier molecular flexibility index (Phi) is 4.16. The van der Waals surface area contributed by atoms with Crippen LogP contribution >= 0.6 is 38.5 Å². The average Bonchev–Trinajstić information content (AvgIpc) is 2.27. The van der Waals surface area contributed by atoms with Crippen LogP contribution in [-0.4, -0.2) is 35.5 Å². The van der Waals surface area contributed by atoms with Crippen LogP contribution in [0, 0.1) is 10.5 Å². The molecule has 0 aliphatic carbocycles. The van der Waals surface area contributed by atoms with E-state index in [1.54, 1.807) is 6.34 Å². The molecule has 4 nitrogen and oxygen atoms in total. The maximum absolute atomic E-state index is 4.52. The molecule has 0 radical (unpaired) electrons. The van der Waals surface area contributed by atoms with Gasteiger partial charge in [-0.1, -0.05) is 0 Å². The second kappa shape index (κ2) is 5.48. The monoisotopic (exact) mass is 418 g/mol. The summed E-state index contributed by atoms with van der Waals surface area (Å²) in [4.78, 5) is 6.43. The topological polar surface area (TPSA) is 41.4 Å². The molecule has 1 heterocycles. The Hall–Kier alpha value is -0.760. The van der Waals surface area contributed by atoms with E-state index in [0.717, 1.165) is 30.3 Å². The summed E-state index contributed by atoms with van der Waals surface area (Å²) < 4.78 is 2.02. The normalized spacial score (nSPS) is 11.4. The van der Waals surface area contributed by atoms with Gasteiger partial charge in [0.1, 0.15) is 5.52 Å². The van der Waals surface area contributed by atoms with Crippen LogP contribution in [-0.2, 0) is 0 Å². The van der Waals surface area contributed by atoms with Gasteiger partial charge >= 0.3 is 0 Å². The largest absolute Gasteiger partial charge is 0.369 e. The Balaban J connectivity index is 2.74. The van der Waals surface area contributed by atoms with Gasteiger partial charge in [-0.3, -0.25) is 0 Å². The van der Waals surface area contributed by atoms with E-state index in [2.05, 4.69) is 53.7 Å². The van der Waals surface area contributed by atoms with Crippen LogP contribution in [0.4, 0.5) is 5.69 Å². The van der Waals surface area contributed by atoms with Crippen molar-refractivity contribution < 1.29 is 0 Å². The molecule has 0 aliphatic heterocycles. The van der Waals surface area contributed by atoms with E-state index >= 15 is 0 Å². The van der Waals surface area contributed by atoms with Gasteiger partial charge < -0.3 is 4.90 Å². The van der Waals surface area contributed by atoms with Gasteiger partial charge in [0.15, 0.2) is 0 Å². The average molecular weight is 419 g/mol. The molecule has 0 saturated carbocycles. The summed E-state index contributed by atoms with van der Waals surface area (Å²) in [6.45, 7) is 1.93. The maximum Gasteiger partial charge on any atom is 0.109 e. The first kappa shape index (κ1) is 13.7. The molecule has 0 bridgehead atoms. The molecule has 0 N–H and O–H groups in total. The summed E-state index contributed by atoms with van der Waals surface area (Å²) in [6.07, 6.45) is 1.79. The van der Waals surface area contributed by atoms with E-state index in [-0.39, 0.29) is 0 Å². The molecule has 2 rings (SSSR count). The van der Waals surface area contributed by atoms with Crippen LogP contribution in [0.5, 0.6) is 0 Å². The maximum atomic E-state index is 4.52. The first-order chi connectivity index (χ1) is 8.49. The van der Waals surface area contributed by atoms with Crippen molar-refractivity contribution in [2.75, 3.05) is 14.1 Å². The van der Waals surface area contributed by atoms with Crippen molar-refractivity contribution in [3.8, 4) is 0 Å². The zero-order chi connectivity index (χ0) is 13.3. The summed E-state index contributed by atoms with van der Waals surface area (Å²) in [5, 5.41) is 9.32. The van der Waals surface area contributed by atoms with Crippen LogP contribution in [0.2, 0.25) is 0 Å². The second-order valence-electron chi connectivity index (χ2n) is 4.15. The minimum atomic E-state index is 0.840. The number of benzene rings is 1. The number of nitrogens with zero attached hydrogens (tertiary/aromatic N) is 4. The molecule has 0 aliphatic rings. The standard InChI is InChI=1S/C12H12BrIN4/c1-7-4-8-11(17-16-7)9(13)5-10(14)12(8)15-6-18(2)3/h4-6H,1-3H3. The molecule has 0 fully saturated rings. The quantitative estimate of drug-likeness (QED) is 0.425. The fraction of sp³-hybridized carbons (Fsp3) is 0.250. The lowest BCUT2D eigenvalue weighted by atomic mass is 10.2. The van der Waals surface area contributed by atoms with Gasteiger partial charge in [0.25, 0.3) is 0 Å². The van der Waals surface area contributed by atoms with Crippen LogP contribution in [0.15, 0.2) is 21.6 Å². The first-order valence-electron chi connectivity index (χ1n) is 5.31. The predicted octanol–water partition coefficient (Wildman–Crippen LogP) is 3.53. The number of hydrogen-bond acceptors (Lipinski definition) is 3. The highest BCUT2D eigenvalue weighted by Gasteiger charge is 2.10. The summed E-state index contributed by atoms with van der Waals surface area (Å²) in [6, 6.07) is 4.02. The third-order valence-corrected chi connectivity index (χ3v) is 3.72. The lowest BCUT2D eigenvalue weighted by molar-refractivity contribution is 0.643. The molecule has 0 amide bonds. The molecule has 0 saturated heterocycles. The number of halogens is 2. The van der Waals surface area contributed by atoms with E-state index in [9.17, 15) is 0 Å². The van der Waals surface area contributed by atoms with Gasteiger partial charge in [-0.25, -0.2) is 4.99 Å². The van der Waals surface area contributed by atoms with Crippen LogP contribution in [0.25, 0.3) is 10.9 Å². The van der Waals surface area contributed by atoms with Crippen LogP contribution in [0.3, 0.4) is 0 Å². The SMILES string of the molecule is Cc1cc2c(N=CN(C)C)c(I)cc(Br)c2nn1. The van der Waals surface area contributed by atoms with Crippen molar-refractivity contribution in [2.24, 2.45) is 4.99 Å². The Morgan fingerprint density at radius 2 is 2.06 bits per heavy atom. The summed E-state index contributed by atoms with van der Waals surface area (Å²) in [5.41, 5.74) is 2.66. The molecule has 18 heavy (non-hydrogen) atoms. The third kappa shape index (κ3) is 2.80. The predicted molar refractivity (Wildman–Crippen MR) is 86.5 cm³/mol. The van der Waals surface area contributed by atoms with Gasteiger partial charge in [0, 0.05) is 27.5 Å². The van der Waals surface area contributed by atoms with E-state index in [1.807, 2.05) is 38.1 Å². The highest BCUT2D eigenvalue weighted by atomic mass is 127. The van der Waals surface area contributed by atoms with Crippen molar-refractivity contribution in [3.63, 3.8) is 0 Å². The highest BCUT2D eigenvalue weighted by Crippen LogP contribution is 2.35. The summed E-state index contributed by atoms with van der Waals surface area (Å²) in [7, 11) is 3.89. The number of aryl methyl sites for hydroxylation is 1. The zero-order valence-electron chi connectivity index (χ0n) is 10.3. The molecular weight excluding hydrogens is 407 g/mol. The second-order valence-corrected chi connectivity index (χ2v) is 6.16. The molecular formula is C12H12BrIN4. The fourth-order valence-corrected chi connectivity index (χ4v) is 3.22. The van der Waals surface area contributed by atoms with Gasteiger partial charge in [-0.15, -0.1) is 5.10 Å². The van der Waals surface area contributed by atoms with E-state index < -0.39 is 0 Å². The molecule has 6 heteroatoms. The van der Waals surface area contributed by atoms with Gasteiger partial charge in [0.2, 0.25) is 0 Å². The van der Waals surface area contributed by atoms with Crippen molar-refractivity contribution in [2.45, 2.75) is 6.92 Å². The van der Waals surface area contributed by atoms with Crippen LogP contribution < -0.4 is 0 Å². The number of aliphatic imine (C=N–C) groups is 1. The minimum absolute atomic E-state index is 0.840. The van der Waals surface area contributed by atoms with Crippen molar-refractivity contribution in [1.82, 2.24) is 15.1 Å². The number of aromatic nitrogens is 2. The molecule has 1 aromatic heterocycles. The Morgan fingerprint density at radius 3 is 2.72 bits per heavy atom. The van der Waals surface area contributed by atoms with Gasteiger partial charge in [-0.2, -0.15) is 5.10 Å². The minimum Gasteiger partial charge on any atom is -0.369 e. The first-order valence-corrected chi connectivity index (χ1v) is 7.19. The smallest absolute Gasteiger partial charge is 0.109 e. The number of fused-ring (bicyclic) bond motifs is 1. The molecule has 2 aromatic rings. The van der Waals surface area contributed by atoms with E-state index in [1.165, 1.54) is 0 Å². The number of rotatable bonds is 2. The molecule has 1 aromatic carbocycles. The van der Waals surface area contributed by atoms with Crippen molar-refractivity contribution >= 4 is 61.4 Å². The molecule has 0 unspecified atom stereocenters. The highest BCUT2D eigenvalue weighted by molar-refractivity contribution is 14.1. The van der Waals surface area contributed by atoms with E-state index in [4.69, 9.17) is 0 Å². The van der Waals surface area contributed by atoms with Crippen LogP contribution in [0.1, 0.15) is 5.69 Å². The lowest BCUT2D eigenvalue weighted by Crippen LogP contribution is -2.07. The molecule has 94 valence electrons. The van der Waals surface area contributed by atoms with Crippen molar-refractivity contribution in [3.05, 3.63) is 25.9 Å². The Bertz CT molecular complexity index is 625. The lowest BCUT2D eigenvalue weighted by Gasteiger charge is -2.08. The third-order valence-electron chi connectivity index (χ3n) is 2.29. The molecule has 0 spiro atoms. The Morgan fingerprint density at radius 1 is 1.33 bits per heavy atom. The molecule has 0 atom stereocenters. The number of hydrogen-bond donors (Lipinski definition) is 0. The summed E-state index contributed by atoms with van der Waals surface area (Å²) >= 11 is 5.80. The Labute approximate surface area is 128 Å². The van der Waals surface area contributed by atoms with Gasteiger partial charge in [-0.05, 0) is 57.6 Å². The van der Waals surface area contributed by atoms with Gasteiger partial charge in [0.05, 0.1) is 17.7 Å². The van der Waals surface area contributed by atoms with E-state index in [0.29, 0.717) is 0 Å². The summed E-state index contributed by atoms with van der Waals surface area (Å²) in [5.74, 6) is 0. The van der Waals surface area contributed by atoms with Crippen molar-refractivity contribution in [1.29, 1.82) is 0 Å².